The number of aromatic nitrogens is 2. The lowest BCUT2D eigenvalue weighted by molar-refractivity contribution is 0.180. The Bertz CT molecular complexity index is 289. The Morgan fingerprint density at radius 3 is 2.86 bits per heavy atom. The molecule has 78 valence electrons. The van der Waals surface area contributed by atoms with Gasteiger partial charge in [0.2, 0.25) is 0 Å². The van der Waals surface area contributed by atoms with Crippen LogP contribution in [-0.4, -0.2) is 16.4 Å². The van der Waals surface area contributed by atoms with Gasteiger partial charge in [0, 0.05) is 6.04 Å². The molecule has 0 saturated heterocycles. The van der Waals surface area contributed by atoms with Crippen LogP contribution >= 0.6 is 0 Å². The highest BCUT2D eigenvalue weighted by Gasteiger charge is 2.18. The summed E-state index contributed by atoms with van der Waals surface area (Å²) >= 11 is 0. The molecular weight excluding hydrogens is 176 g/mol. The summed E-state index contributed by atoms with van der Waals surface area (Å²) in [4.78, 5) is 0. The third-order valence-corrected chi connectivity index (χ3v) is 2.82. The minimum Gasteiger partial charge on any atom is -0.490 e. The van der Waals surface area contributed by atoms with Gasteiger partial charge in [0.1, 0.15) is 0 Å². The van der Waals surface area contributed by atoms with Crippen molar-refractivity contribution in [1.82, 2.24) is 9.78 Å². The van der Waals surface area contributed by atoms with Crippen LogP contribution in [0.2, 0.25) is 0 Å². The van der Waals surface area contributed by atoms with E-state index < -0.39 is 0 Å². The van der Waals surface area contributed by atoms with Crippen molar-refractivity contribution in [3.05, 3.63) is 12.4 Å². The zero-order valence-corrected chi connectivity index (χ0v) is 8.94. The quantitative estimate of drug-likeness (QED) is 0.736. The molecule has 0 amide bonds. The van der Waals surface area contributed by atoms with Crippen molar-refractivity contribution in [2.75, 3.05) is 6.61 Å². The highest BCUT2D eigenvalue weighted by Crippen LogP contribution is 2.27. The van der Waals surface area contributed by atoms with Crippen molar-refractivity contribution in [2.24, 2.45) is 5.92 Å². The topological polar surface area (TPSA) is 27.1 Å². The first-order valence-electron chi connectivity index (χ1n) is 5.42. The van der Waals surface area contributed by atoms with Gasteiger partial charge < -0.3 is 4.74 Å². The third-order valence-electron chi connectivity index (χ3n) is 2.82. The maximum absolute atomic E-state index is 5.66. The summed E-state index contributed by atoms with van der Waals surface area (Å²) in [6.07, 6.45) is 7.82. The van der Waals surface area contributed by atoms with Gasteiger partial charge in [-0.1, -0.05) is 6.42 Å². The van der Waals surface area contributed by atoms with Gasteiger partial charge in [-0.15, -0.1) is 0 Å². The molecule has 1 aromatic heterocycles. The van der Waals surface area contributed by atoms with Crippen LogP contribution in [0.5, 0.6) is 5.75 Å². The fourth-order valence-corrected chi connectivity index (χ4v) is 1.55. The van der Waals surface area contributed by atoms with Crippen molar-refractivity contribution < 1.29 is 4.74 Å². The molecule has 3 nitrogen and oxygen atoms in total. The first kappa shape index (κ1) is 9.56. The van der Waals surface area contributed by atoms with Gasteiger partial charge in [0.15, 0.2) is 5.75 Å². The smallest absolute Gasteiger partial charge is 0.157 e. The maximum Gasteiger partial charge on any atom is 0.157 e. The van der Waals surface area contributed by atoms with Crippen molar-refractivity contribution in [1.29, 1.82) is 0 Å². The molecule has 0 radical (unpaired) electrons. The summed E-state index contributed by atoms with van der Waals surface area (Å²) in [5.41, 5.74) is 0. The van der Waals surface area contributed by atoms with Gasteiger partial charge in [-0.05, 0) is 32.6 Å². The van der Waals surface area contributed by atoms with Crippen molar-refractivity contribution >= 4 is 0 Å². The second kappa shape index (κ2) is 4.03. The molecule has 0 N–H and O–H groups in total. The van der Waals surface area contributed by atoms with Crippen molar-refractivity contribution in [2.45, 2.75) is 39.2 Å². The third kappa shape index (κ3) is 2.08. The number of hydrogen-bond donors (Lipinski definition) is 0. The minimum absolute atomic E-state index is 0.413. The number of ether oxygens (including phenoxy) is 1. The summed E-state index contributed by atoms with van der Waals surface area (Å²) in [5.74, 6) is 1.70. The standard InChI is InChI=1S/C11H18N2O/c1-9(2)13-7-11(6-12-13)14-8-10-4-3-5-10/h6-7,9-10H,3-5,8H2,1-2H3. The Hall–Kier alpha value is -0.990. The molecule has 0 unspecified atom stereocenters. The molecule has 0 aliphatic heterocycles. The molecule has 0 spiro atoms. The molecular formula is C11H18N2O. The van der Waals surface area contributed by atoms with Crippen LogP contribution in [0.3, 0.4) is 0 Å². The Kier molecular flexibility index (Phi) is 2.75. The highest BCUT2D eigenvalue weighted by atomic mass is 16.5. The number of hydrogen-bond acceptors (Lipinski definition) is 2. The van der Waals surface area contributed by atoms with E-state index in [2.05, 4.69) is 18.9 Å². The lowest BCUT2D eigenvalue weighted by atomic mass is 9.86. The second-order valence-electron chi connectivity index (χ2n) is 4.36. The van der Waals surface area contributed by atoms with Crippen LogP contribution < -0.4 is 4.74 Å². The molecule has 14 heavy (non-hydrogen) atoms. The molecule has 1 fully saturated rings. The van der Waals surface area contributed by atoms with Crippen LogP contribution in [0.1, 0.15) is 39.2 Å². The first-order chi connectivity index (χ1) is 6.75. The van der Waals surface area contributed by atoms with Gasteiger partial charge in [0.25, 0.3) is 0 Å². The summed E-state index contributed by atoms with van der Waals surface area (Å²) in [5, 5.41) is 4.23. The monoisotopic (exact) mass is 194 g/mol. The largest absolute Gasteiger partial charge is 0.490 e. The van der Waals surface area contributed by atoms with Gasteiger partial charge >= 0.3 is 0 Å². The fraction of sp³-hybridized carbons (Fsp3) is 0.727. The van der Waals surface area contributed by atoms with E-state index >= 15 is 0 Å². The van der Waals surface area contributed by atoms with Crippen molar-refractivity contribution in [3.63, 3.8) is 0 Å². The Morgan fingerprint density at radius 1 is 1.57 bits per heavy atom. The Labute approximate surface area is 85.1 Å². The van der Waals surface area contributed by atoms with Gasteiger partial charge in [-0.25, -0.2) is 0 Å². The second-order valence-corrected chi connectivity index (χ2v) is 4.36. The fourth-order valence-electron chi connectivity index (χ4n) is 1.55. The Balaban J connectivity index is 1.83. The van der Waals surface area contributed by atoms with Crippen LogP contribution in [0, 0.1) is 5.92 Å². The van der Waals surface area contributed by atoms with E-state index in [1.54, 1.807) is 6.20 Å². The summed E-state index contributed by atoms with van der Waals surface area (Å²) in [6, 6.07) is 0.413. The molecule has 0 aromatic carbocycles. The van der Waals surface area contributed by atoms with Gasteiger partial charge in [-0.2, -0.15) is 5.10 Å². The predicted octanol–water partition coefficient (Wildman–Crippen LogP) is 2.64. The van der Waals surface area contributed by atoms with Crippen molar-refractivity contribution in [3.8, 4) is 5.75 Å². The zero-order chi connectivity index (χ0) is 9.97. The summed E-state index contributed by atoms with van der Waals surface area (Å²) < 4.78 is 7.58. The van der Waals surface area contributed by atoms with Gasteiger partial charge in [0.05, 0.1) is 19.0 Å². The zero-order valence-electron chi connectivity index (χ0n) is 8.94. The average Bonchev–Trinajstić information content (AvgIpc) is 2.50. The maximum atomic E-state index is 5.66. The molecule has 0 atom stereocenters. The van der Waals surface area contributed by atoms with E-state index in [4.69, 9.17) is 4.74 Å². The molecule has 3 heteroatoms. The molecule has 1 aliphatic carbocycles. The molecule has 1 aromatic rings. The number of nitrogens with zero attached hydrogens (tertiary/aromatic N) is 2. The lowest BCUT2D eigenvalue weighted by Crippen LogP contribution is -2.19. The Morgan fingerprint density at radius 2 is 2.36 bits per heavy atom. The molecule has 0 bridgehead atoms. The van der Waals surface area contributed by atoms with Gasteiger partial charge in [-0.3, -0.25) is 4.68 Å². The van der Waals surface area contributed by atoms with Crippen LogP contribution in [-0.2, 0) is 0 Å². The SMILES string of the molecule is CC(C)n1cc(OCC2CCC2)cn1. The predicted molar refractivity (Wildman–Crippen MR) is 55.4 cm³/mol. The summed E-state index contributed by atoms with van der Waals surface area (Å²) in [7, 11) is 0. The van der Waals surface area contributed by atoms with E-state index in [0.29, 0.717) is 6.04 Å². The van der Waals surface area contributed by atoms with Crippen LogP contribution in [0.25, 0.3) is 0 Å². The average molecular weight is 194 g/mol. The minimum atomic E-state index is 0.413. The number of rotatable bonds is 4. The molecule has 1 saturated carbocycles. The lowest BCUT2D eigenvalue weighted by Gasteiger charge is -2.24. The molecule has 1 heterocycles. The molecule has 1 aliphatic rings. The van der Waals surface area contributed by atoms with E-state index in [0.717, 1.165) is 18.3 Å². The first-order valence-corrected chi connectivity index (χ1v) is 5.42. The van der Waals surface area contributed by atoms with Crippen LogP contribution in [0.4, 0.5) is 0 Å². The van der Waals surface area contributed by atoms with Crippen LogP contribution in [0.15, 0.2) is 12.4 Å². The van der Waals surface area contributed by atoms with E-state index in [-0.39, 0.29) is 0 Å². The highest BCUT2D eigenvalue weighted by molar-refractivity contribution is 5.12. The van der Waals surface area contributed by atoms with E-state index in [1.807, 2.05) is 10.9 Å². The molecule has 2 rings (SSSR count). The van der Waals surface area contributed by atoms with E-state index in [1.165, 1.54) is 19.3 Å². The normalized spacial score (nSPS) is 17.1. The summed E-state index contributed by atoms with van der Waals surface area (Å²) in [6.45, 7) is 5.09. The van der Waals surface area contributed by atoms with E-state index in [9.17, 15) is 0 Å².